The quantitative estimate of drug-likeness (QED) is 0.498. The number of ketones is 1. The smallest absolute Gasteiger partial charge is 0.253 e. The van der Waals surface area contributed by atoms with E-state index >= 15 is 0 Å². The summed E-state index contributed by atoms with van der Waals surface area (Å²) in [5.41, 5.74) is 2.54. The summed E-state index contributed by atoms with van der Waals surface area (Å²) in [5.74, 6) is -0.0221. The lowest BCUT2D eigenvalue weighted by atomic mass is 9.84. The molecule has 1 aliphatic heterocycles. The molecule has 1 N–H and O–H groups in total. The van der Waals surface area contributed by atoms with Gasteiger partial charge in [-0.05, 0) is 48.6 Å². The van der Waals surface area contributed by atoms with E-state index < -0.39 is 6.04 Å². The molecule has 0 bridgehead atoms. The van der Waals surface area contributed by atoms with Crippen molar-refractivity contribution in [1.29, 1.82) is 0 Å². The van der Waals surface area contributed by atoms with E-state index in [1.54, 1.807) is 36.7 Å². The molecule has 34 heavy (non-hydrogen) atoms. The molecule has 2 atom stereocenters. The van der Waals surface area contributed by atoms with Gasteiger partial charge < -0.3 is 14.6 Å². The van der Waals surface area contributed by atoms with Crippen LogP contribution in [0.1, 0.15) is 77.1 Å². The number of halogens is 1. The Kier molecular flexibility index (Phi) is 7.17. The third-order valence-corrected chi connectivity index (χ3v) is 6.27. The number of aromatic nitrogens is 3. The second kappa shape index (κ2) is 10.3. The molecular weight excluding hydrogens is 435 g/mol. The summed E-state index contributed by atoms with van der Waals surface area (Å²) in [6.45, 7) is 7.15. The average molecular weight is 465 g/mol. The lowest BCUT2D eigenvalue weighted by molar-refractivity contribution is 0.0780. The van der Waals surface area contributed by atoms with Crippen LogP contribution in [0.25, 0.3) is 0 Å². The van der Waals surface area contributed by atoms with Crippen molar-refractivity contribution in [3.05, 3.63) is 82.9 Å². The van der Waals surface area contributed by atoms with Crippen LogP contribution in [0.15, 0.2) is 48.8 Å². The Hall–Kier alpha value is -3.39. The first-order chi connectivity index (χ1) is 16.3. The summed E-state index contributed by atoms with van der Waals surface area (Å²) in [6, 6.07) is 9.31. The van der Waals surface area contributed by atoms with Crippen LogP contribution in [0.4, 0.5) is 4.39 Å². The SMILES string of the molecule is CC(C)[C@@H](CC(=O)c1cc(C(=O)N[C@@H](C)c2ncccn2)c2n1CCOC2)c1ccc(F)cc1. The van der Waals surface area contributed by atoms with Crippen molar-refractivity contribution in [1.82, 2.24) is 19.9 Å². The number of nitrogens with zero attached hydrogens (tertiary/aromatic N) is 3. The number of hydrogen-bond donors (Lipinski definition) is 1. The van der Waals surface area contributed by atoms with Gasteiger partial charge in [0.2, 0.25) is 0 Å². The standard InChI is InChI=1S/C26H29FN4O3/c1-16(2)20(18-5-7-19(27)8-6-18)14-24(32)22-13-21(23-15-34-12-11-31(22)23)26(33)30-17(3)25-28-9-4-10-29-25/h4-10,13,16-17,20H,11-12,14-15H2,1-3H3,(H,30,33)/t17-,20+/m0/s1. The highest BCUT2D eigenvalue weighted by molar-refractivity contribution is 6.01. The molecule has 1 aromatic carbocycles. The predicted molar refractivity (Wildman–Crippen MR) is 125 cm³/mol. The molecule has 4 rings (SSSR count). The van der Waals surface area contributed by atoms with E-state index in [1.165, 1.54) is 12.1 Å². The summed E-state index contributed by atoms with van der Waals surface area (Å²) in [7, 11) is 0. The van der Waals surface area contributed by atoms with E-state index in [0.717, 1.165) is 5.56 Å². The van der Waals surface area contributed by atoms with E-state index in [0.29, 0.717) is 35.9 Å². The van der Waals surface area contributed by atoms with Crippen LogP contribution in [-0.4, -0.2) is 32.8 Å². The zero-order valence-corrected chi connectivity index (χ0v) is 19.6. The first-order valence-corrected chi connectivity index (χ1v) is 11.5. The minimum absolute atomic E-state index is 0.0512. The molecule has 0 spiro atoms. The fraction of sp³-hybridized carbons (Fsp3) is 0.385. The van der Waals surface area contributed by atoms with Crippen molar-refractivity contribution in [2.24, 2.45) is 5.92 Å². The average Bonchev–Trinajstić information content (AvgIpc) is 3.23. The number of carbonyl (C=O) groups excluding carboxylic acids is 2. The van der Waals surface area contributed by atoms with Gasteiger partial charge in [-0.1, -0.05) is 26.0 Å². The molecular formula is C26H29FN4O3. The highest BCUT2D eigenvalue weighted by atomic mass is 19.1. The normalized spacial score (nSPS) is 15.0. The first kappa shape index (κ1) is 23.8. The van der Waals surface area contributed by atoms with Gasteiger partial charge in [-0.25, -0.2) is 14.4 Å². The zero-order chi connectivity index (χ0) is 24.2. The van der Waals surface area contributed by atoms with Crippen LogP contribution in [0.5, 0.6) is 0 Å². The monoisotopic (exact) mass is 464 g/mol. The Morgan fingerprint density at radius 3 is 2.53 bits per heavy atom. The molecule has 0 saturated carbocycles. The summed E-state index contributed by atoms with van der Waals surface area (Å²) < 4.78 is 20.9. The number of Topliss-reactive ketones (excluding diaryl/α,β-unsaturated/α-hetero) is 1. The number of hydrogen-bond acceptors (Lipinski definition) is 5. The van der Waals surface area contributed by atoms with Crippen molar-refractivity contribution in [2.45, 2.75) is 52.3 Å². The highest BCUT2D eigenvalue weighted by Crippen LogP contribution is 2.31. The molecule has 178 valence electrons. The highest BCUT2D eigenvalue weighted by Gasteiger charge is 2.29. The second-order valence-electron chi connectivity index (χ2n) is 8.93. The van der Waals surface area contributed by atoms with E-state index in [-0.39, 0.29) is 42.4 Å². The van der Waals surface area contributed by atoms with Crippen molar-refractivity contribution in [3.8, 4) is 0 Å². The van der Waals surface area contributed by atoms with E-state index in [4.69, 9.17) is 4.74 Å². The topological polar surface area (TPSA) is 86.1 Å². The van der Waals surface area contributed by atoms with Gasteiger partial charge in [0.25, 0.3) is 5.91 Å². The molecule has 8 heteroatoms. The maximum atomic E-state index is 13.5. The second-order valence-corrected chi connectivity index (χ2v) is 8.93. The molecule has 1 aliphatic rings. The van der Waals surface area contributed by atoms with Gasteiger partial charge >= 0.3 is 0 Å². The van der Waals surface area contributed by atoms with Gasteiger partial charge in [0, 0.05) is 25.4 Å². The molecule has 3 heterocycles. The molecule has 0 aliphatic carbocycles. The number of benzene rings is 1. The molecule has 3 aromatic rings. The van der Waals surface area contributed by atoms with Gasteiger partial charge in [0.05, 0.1) is 36.2 Å². The number of ether oxygens (including phenoxy) is 1. The fourth-order valence-electron chi connectivity index (χ4n) is 4.38. The Balaban J connectivity index is 1.59. The first-order valence-electron chi connectivity index (χ1n) is 11.5. The molecule has 0 radical (unpaired) electrons. The Morgan fingerprint density at radius 2 is 1.85 bits per heavy atom. The van der Waals surface area contributed by atoms with Crippen LogP contribution in [0.3, 0.4) is 0 Å². The van der Waals surface area contributed by atoms with Crippen LogP contribution in [0.2, 0.25) is 0 Å². The zero-order valence-electron chi connectivity index (χ0n) is 19.6. The third kappa shape index (κ3) is 5.07. The number of carbonyl (C=O) groups is 2. The van der Waals surface area contributed by atoms with Crippen molar-refractivity contribution in [3.63, 3.8) is 0 Å². The van der Waals surface area contributed by atoms with Crippen LogP contribution < -0.4 is 5.32 Å². The Morgan fingerprint density at radius 1 is 1.15 bits per heavy atom. The van der Waals surface area contributed by atoms with Gasteiger partial charge in [0.1, 0.15) is 11.6 Å². The number of nitrogens with one attached hydrogen (secondary N) is 1. The Labute approximate surface area is 198 Å². The number of rotatable bonds is 8. The van der Waals surface area contributed by atoms with Crippen molar-refractivity contribution < 1.29 is 18.7 Å². The summed E-state index contributed by atoms with van der Waals surface area (Å²) in [5, 5.41) is 2.93. The lowest BCUT2D eigenvalue weighted by Gasteiger charge is -2.22. The summed E-state index contributed by atoms with van der Waals surface area (Å²) in [4.78, 5) is 35.0. The fourth-order valence-corrected chi connectivity index (χ4v) is 4.38. The van der Waals surface area contributed by atoms with Crippen LogP contribution in [-0.2, 0) is 17.9 Å². The predicted octanol–water partition coefficient (Wildman–Crippen LogP) is 4.45. The number of amides is 1. The molecule has 7 nitrogen and oxygen atoms in total. The minimum atomic E-state index is -0.392. The van der Waals surface area contributed by atoms with Gasteiger partial charge in [0.15, 0.2) is 5.78 Å². The van der Waals surface area contributed by atoms with Crippen LogP contribution >= 0.6 is 0 Å². The maximum absolute atomic E-state index is 13.5. The van der Waals surface area contributed by atoms with E-state index in [1.807, 2.05) is 11.5 Å². The largest absolute Gasteiger partial charge is 0.373 e. The third-order valence-electron chi connectivity index (χ3n) is 6.27. The van der Waals surface area contributed by atoms with Gasteiger partial charge in [-0.15, -0.1) is 0 Å². The minimum Gasteiger partial charge on any atom is -0.373 e. The van der Waals surface area contributed by atoms with Crippen molar-refractivity contribution in [2.75, 3.05) is 6.61 Å². The molecule has 1 amide bonds. The van der Waals surface area contributed by atoms with Gasteiger partial charge in [-0.3, -0.25) is 9.59 Å². The van der Waals surface area contributed by atoms with E-state index in [9.17, 15) is 14.0 Å². The van der Waals surface area contributed by atoms with E-state index in [2.05, 4.69) is 29.1 Å². The molecule has 0 unspecified atom stereocenters. The molecule has 2 aromatic heterocycles. The Bertz CT molecular complexity index is 1160. The molecule has 0 saturated heterocycles. The number of fused-ring (bicyclic) bond motifs is 1. The summed E-state index contributed by atoms with van der Waals surface area (Å²) >= 11 is 0. The maximum Gasteiger partial charge on any atom is 0.253 e. The van der Waals surface area contributed by atoms with Crippen molar-refractivity contribution >= 4 is 11.7 Å². The lowest BCUT2D eigenvalue weighted by Crippen LogP contribution is -2.29. The van der Waals surface area contributed by atoms with Gasteiger partial charge in [-0.2, -0.15) is 0 Å². The van der Waals surface area contributed by atoms with Crippen LogP contribution in [0, 0.1) is 11.7 Å². The summed E-state index contributed by atoms with van der Waals surface area (Å²) in [6.07, 6.45) is 3.52. The molecule has 0 fully saturated rings.